The minimum atomic E-state index is -1.43. The van der Waals surface area contributed by atoms with Gasteiger partial charge in [0.1, 0.15) is 5.25 Å². The van der Waals surface area contributed by atoms with Crippen LogP contribution in [-0.2, 0) is 10.8 Å². The molecule has 0 saturated heterocycles. The van der Waals surface area contributed by atoms with E-state index < -0.39 is 16.0 Å². The molecule has 0 aliphatic carbocycles. The summed E-state index contributed by atoms with van der Waals surface area (Å²) >= 11 is 0. The number of hydrogen-bond donors (Lipinski definition) is 1. The summed E-state index contributed by atoms with van der Waals surface area (Å²) in [6.07, 6.45) is 2.05. The Kier molecular flexibility index (Phi) is 3.60. The van der Waals surface area contributed by atoms with E-state index in [0.29, 0.717) is 17.1 Å². The van der Waals surface area contributed by atoms with Crippen molar-refractivity contribution in [2.45, 2.75) is 23.6 Å². The maximum absolute atomic E-state index is 11.8. The summed E-state index contributed by atoms with van der Waals surface area (Å²) in [5.41, 5.74) is 5.98. The Hall–Kier alpha value is -1.41. The second-order valence-electron chi connectivity index (χ2n) is 2.72. The van der Waals surface area contributed by atoms with Crippen molar-refractivity contribution in [3.05, 3.63) is 18.3 Å². The third-order valence-corrected chi connectivity index (χ3v) is 3.44. The van der Waals surface area contributed by atoms with Crippen LogP contribution in [0.3, 0.4) is 0 Å². The number of rotatable bonds is 3. The van der Waals surface area contributed by atoms with Gasteiger partial charge in [0.15, 0.2) is 5.03 Å². The average Bonchev–Trinajstić information content (AvgIpc) is 2.20. The summed E-state index contributed by atoms with van der Waals surface area (Å²) in [7, 11) is -1.43. The molecule has 2 N–H and O–H groups in total. The van der Waals surface area contributed by atoms with Gasteiger partial charge in [-0.1, -0.05) is 6.92 Å². The minimum Gasteiger partial charge on any atom is -0.396 e. The zero-order valence-electron chi connectivity index (χ0n) is 7.80. The van der Waals surface area contributed by atoms with Gasteiger partial charge in [0.25, 0.3) is 0 Å². The fraction of sp³-hybridized carbons (Fsp3) is 0.333. The molecule has 74 valence electrons. The van der Waals surface area contributed by atoms with Gasteiger partial charge in [-0.25, -0.2) is 4.98 Å². The summed E-state index contributed by atoms with van der Waals surface area (Å²) in [6.45, 7) is 1.81. The molecule has 2 unspecified atom stereocenters. The first kappa shape index (κ1) is 10.7. The first-order chi connectivity index (χ1) is 6.70. The molecule has 0 aromatic carbocycles. The molecule has 0 amide bonds. The van der Waals surface area contributed by atoms with Crippen LogP contribution in [0.1, 0.15) is 13.3 Å². The predicted molar refractivity (Wildman–Crippen MR) is 54.7 cm³/mol. The van der Waals surface area contributed by atoms with Gasteiger partial charge in [0, 0.05) is 6.20 Å². The third-order valence-electron chi connectivity index (χ3n) is 1.76. The lowest BCUT2D eigenvalue weighted by Crippen LogP contribution is -2.14. The van der Waals surface area contributed by atoms with E-state index >= 15 is 0 Å². The first-order valence-electron chi connectivity index (χ1n) is 4.21. The Bertz CT molecular complexity index is 386. The number of nitrogen functional groups attached to an aromatic ring is 1. The average molecular weight is 209 g/mol. The molecule has 0 aliphatic heterocycles. The van der Waals surface area contributed by atoms with E-state index in [9.17, 15) is 4.21 Å². The number of anilines is 1. The zero-order chi connectivity index (χ0) is 10.6. The molecule has 2 atom stereocenters. The molecular formula is C9H11N3OS. The van der Waals surface area contributed by atoms with Crippen LogP contribution >= 0.6 is 0 Å². The molecule has 5 heteroatoms. The van der Waals surface area contributed by atoms with Crippen LogP contribution in [-0.4, -0.2) is 14.4 Å². The highest BCUT2D eigenvalue weighted by molar-refractivity contribution is 7.86. The molecule has 0 bridgehead atoms. The van der Waals surface area contributed by atoms with Crippen LogP contribution in [0.2, 0.25) is 0 Å². The van der Waals surface area contributed by atoms with Crippen molar-refractivity contribution in [1.82, 2.24) is 4.98 Å². The number of nitriles is 1. The molecule has 1 rings (SSSR count). The van der Waals surface area contributed by atoms with E-state index in [-0.39, 0.29) is 0 Å². The lowest BCUT2D eigenvalue weighted by Gasteiger charge is -2.06. The molecule has 0 radical (unpaired) electrons. The van der Waals surface area contributed by atoms with Gasteiger partial charge in [0.05, 0.1) is 22.6 Å². The van der Waals surface area contributed by atoms with Crippen molar-refractivity contribution in [3.8, 4) is 6.07 Å². The number of nitrogens with two attached hydrogens (primary N) is 1. The van der Waals surface area contributed by atoms with E-state index in [1.54, 1.807) is 12.1 Å². The lowest BCUT2D eigenvalue weighted by atomic mass is 10.4. The van der Waals surface area contributed by atoms with E-state index in [2.05, 4.69) is 4.98 Å². The van der Waals surface area contributed by atoms with Crippen molar-refractivity contribution in [1.29, 1.82) is 5.26 Å². The first-order valence-corrected chi connectivity index (χ1v) is 5.42. The van der Waals surface area contributed by atoms with E-state index in [0.717, 1.165) is 0 Å². The van der Waals surface area contributed by atoms with Crippen molar-refractivity contribution in [2.24, 2.45) is 0 Å². The van der Waals surface area contributed by atoms with Gasteiger partial charge in [-0.2, -0.15) is 5.26 Å². The lowest BCUT2D eigenvalue weighted by molar-refractivity contribution is 0.673. The fourth-order valence-electron chi connectivity index (χ4n) is 0.997. The molecule has 4 nitrogen and oxygen atoms in total. The third kappa shape index (κ3) is 2.09. The number of pyridine rings is 1. The second kappa shape index (κ2) is 4.72. The maximum Gasteiger partial charge on any atom is 0.151 e. The molecule has 0 fully saturated rings. The molecule has 0 spiro atoms. The largest absolute Gasteiger partial charge is 0.396 e. The number of hydrogen-bond acceptors (Lipinski definition) is 4. The maximum atomic E-state index is 11.8. The number of aromatic nitrogens is 1. The zero-order valence-corrected chi connectivity index (χ0v) is 8.62. The standard InChI is InChI=1S/C9H11N3OS/c1-2-7(6-10)14(13)9-8(11)4-3-5-12-9/h3-5,7H,2,11H2,1H3. The molecular weight excluding hydrogens is 198 g/mol. The summed E-state index contributed by atoms with van der Waals surface area (Å²) in [5.74, 6) is 0. The summed E-state index contributed by atoms with van der Waals surface area (Å²) in [5, 5.41) is 8.51. The quantitative estimate of drug-likeness (QED) is 0.807. The van der Waals surface area contributed by atoms with E-state index in [1.807, 2.05) is 13.0 Å². The van der Waals surface area contributed by atoms with Crippen LogP contribution < -0.4 is 5.73 Å². The summed E-state index contributed by atoms with van der Waals surface area (Å²) in [4.78, 5) is 3.92. The van der Waals surface area contributed by atoms with Gasteiger partial charge in [0.2, 0.25) is 0 Å². The number of nitrogens with zero attached hydrogens (tertiary/aromatic N) is 2. The highest BCUT2D eigenvalue weighted by Gasteiger charge is 2.18. The molecule has 14 heavy (non-hydrogen) atoms. The van der Waals surface area contributed by atoms with Gasteiger partial charge >= 0.3 is 0 Å². The summed E-state index contributed by atoms with van der Waals surface area (Å²) in [6, 6.07) is 5.28. The Morgan fingerprint density at radius 2 is 2.50 bits per heavy atom. The van der Waals surface area contributed by atoms with Crippen LogP contribution in [0.25, 0.3) is 0 Å². The fourth-order valence-corrected chi connectivity index (χ4v) is 2.13. The normalized spacial score (nSPS) is 14.3. The van der Waals surface area contributed by atoms with Crippen LogP contribution in [0.4, 0.5) is 5.69 Å². The Labute approximate surface area is 85.2 Å². The topological polar surface area (TPSA) is 79.8 Å². The van der Waals surface area contributed by atoms with Crippen LogP contribution in [0.5, 0.6) is 0 Å². The highest BCUT2D eigenvalue weighted by atomic mass is 32.2. The van der Waals surface area contributed by atoms with Crippen molar-refractivity contribution < 1.29 is 4.21 Å². The van der Waals surface area contributed by atoms with Crippen LogP contribution in [0, 0.1) is 11.3 Å². The Morgan fingerprint density at radius 3 is 3.00 bits per heavy atom. The van der Waals surface area contributed by atoms with Gasteiger partial charge in [-0.3, -0.25) is 4.21 Å². The Balaban J connectivity index is 3.01. The second-order valence-corrected chi connectivity index (χ2v) is 4.27. The molecule has 1 heterocycles. The smallest absolute Gasteiger partial charge is 0.151 e. The van der Waals surface area contributed by atoms with Gasteiger partial charge in [-0.15, -0.1) is 0 Å². The van der Waals surface area contributed by atoms with Crippen LogP contribution in [0.15, 0.2) is 23.4 Å². The van der Waals surface area contributed by atoms with Crippen molar-refractivity contribution >= 4 is 16.5 Å². The molecule has 0 aliphatic rings. The van der Waals surface area contributed by atoms with E-state index in [1.165, 1.54) is 6.20 Å². The highest BCUT2D eigenvalue weighted by Crippen LogP contribution is 2.16. The van der Waals surface area contributed by atoms with Crippen molar-refractivity contribution in [2.75, 3.05) is 5.73 Å². The van der Waals surface area contributed by atoms with Crippen molar-refractivity contribution in [3.63, 3.8) is 0 Å². The molecule has 1 aromatic rings. The molecule has 1 aromatic heterocycles. The minimum absolute atomic E-state index is 0.306. The summed E-state index contributed by atoms with van der Waals surface area (Å²) < 4.78 is 11.8. The monoisotopic (exact) mass is 209 g/mol. The van der Waals surface area contributed by atoms with Gasteiger partial charge in [-0.05, 0) is 18.6 Å². The van der Waals surface area contributed by atoms with E-state index in [4.69, 9.17) is 11.0 Å². The Morgan fingerprint density at radius 1 is 1.79 bits per heavy atom. The predicted octanol–water partition coefficient (Wildman–Crippen LogP) is 1.07. The SMILES string of the molecule is CCC(C#N)S(=O)c1ncccc1N. The molecule has 0 saturated carbocycles. The van der Waals surface area contributed by atoms with Gasteiger partial charge < -0.3 is 5.73 Å².